The zero-order valence-electron chi connectivity index (χ0n) is 11.4. The summed E-state index contributed by atoms with van der Waals surface area (Å²) >= 11 is 0. The van der Waals surface area contributed by atoms with E-state index in [2.05, 4.69) is 24.4 Å². The van der Waals surface area contributed by atoms with Crippen LogP contribution in [-0.4, -0.2) is 14.2 Å². The third kappa shape index (κ3) is 2.93. The summed E-state index contributed by atoms with van der Waals surface area (Å²) in [4.78, 5) is 0. The second-order valence-electron chi connectivity index (χ2n) is 4.48. The predicted molar refractivity (Wildman–Crippen MR) is 75.9 cm³/mol. The van der Waals surface area contributed by atoms with Gasteiger partial charge in [0.25, 0.3) is 0 Å². The molecule has 0 radical (unpaired) electrons. The van der Waals surface area contributed by atoms with Gasteiger partial charge in [0.2, 0.25) is 0 Å². The SMILES string of the molecule is CNC(C)c1cccc(-c2cc(F)ccc2OC)c1. The molecule has 1 atom stereocenters. The summed E-state index contributed by atoms with van der Waals surface area (Å²) in [5, 5.41) is 3.19. The summed E-state index contributed by atoms with van der Waals surface area (Å²) < 4.78 is 18.7. The molecule has 0 aliphatic rings. The van der Waals surface area contributed by atoms with Crippen LogP contribution in [0.5, 0.6) is 5.75 Å². The Bertz CT molecular complexity index is 568. The first-order valence-corrected chi connectivity index (χ1v) is 6.27. The van der Waals surface area contributed by atoms with Crippen molar-refractivity contribution in [2.45, 2.75) is 13.0 Å². The fraction of sp³-hybridized carbons (Fsp3) is 0.250. The Morgan fingerprint density at radius 3 is 2.63 bits per heavy atom. The first kappa shape index (κ1) is 13.6. The van der Waals surface area contributed by atoms with E-state index < -0.39 is 0 Å². The third-order valence-corrected chi connectivity index (χ3v) is 3.29. The van der Waals surface area contributed by atoms with Crippen LogP contribution in [0.4, 0.5) is 4.39 Å². The second kappa shape index (κ2) is 5.85. The Morgan fingerprint density at radius 2 is 1.95 bits per heavy atom. The molecule has 2 nitrogen and oxygen atoms in total. The topological polar surface area (TPSA) is 21.3 Å². The molecule has 0 saturated heterocycles. The molecular formula is C16H18FNO. The standard InChI is InChI=1S/C16H18FNO/c1-11(18-2)12-5-4-6-13(9-12)15-10-14(17)7-8-16(15)19-3/h4-11,18H,1-3H3. The minimum atomic E-state index is -0.261. The van der Waals surface area contributed by atoms with Crippen molar-refractivity contribution in [2.75, 3.05) is 14.2 Å². The van der Waals surface area contributed by atoms with Crippen molar-refractivity contribution in [1.82, 2.24) is 5.32 Å². The molecule has 0 aliphatic heterocycles. The van der Waals surface area contributed by atoms with Crippen molar-refractivity contribution in [2.24, 2.45) is 0 Å². The van der Waals surface area contributed by atoms with Gasteiger partial charge in [-0.2, -0.15) is 0 Å². The third-order valence-electron chi connectivity index (χ3n) is 3.29. The Labute approximate surface area is 113 Å². The van der Waals surface area contributed by atoms with Crippen LogP contribution in [0.15, 0.2) is 42.5 Å². The zero-order valence-corrected chi connectivity index (χ0v) is 11.4. The van der Waals surface area contributed by atoms with Crippen molar-refractivity contribution in [1.29, 1.82) is 0 Å². The van der Waals surface area contributed by atoms with E-state index in [1.807, 2.05) is 19.2 Å². The van der Waals surface area contributed by atoms with Crippen LogP contribution in [-0.2, 0) is 0 Å². The van der Waals surface area contributed by atoms with Gasteiger partial charge in [-0.15, -0.1) is 0 Å². The molecule has 1 N–H and O–H groups in total. The summed E-state index contributed by atoms with van der Waals surface area (Å²) in [5.41, 5.74) is 2.88. The van der Waals surface area contributed by atoms with E-state index in [1.54, 1.807) is 13.2 Å². The van der Waals surface area contributed by atoms with Gasteiger partial charge >= 0.3 is 0 Å². The van der Waals surface area contributed by atoms with E-state index in [-0.39, 0.29) is 11.9 Å². The van der Waals surface area contributed by atoms with Crippen molar-refractivity contribution >= 4 is 0 Å². The number of halogens is 1. The smallest absolute Gasteiger partial charge is 0.126 e. The molecule has 0 saturated carbocycles. The number of methoxy groups -OCH3 is 1. The number of hydrogen-bond donors (Lipinski definition) is 1. The maximum absolute atomic E-state index is 13.4. The molecule has 1 unspecified atom stereocenters. The maximum atomic E-state index is 13.4. The van der Waals surface area contributed by atoms with Crippen molar-refractivity contribution in [3.63, 3.8) is 0 Å². The van der Waals surface area contributed by atoms with Gasteiger partial charge in [0.15, 0.2) is 0 Å². The summed E-state index contributed by atoms with van der Waals surface area (Å²) in [6.45, 7) is 2.09. The number of rotatable bonds is 4. The molecule has 2 aromatic rings. The molecule has 3 heteroatoms. The van der Waals surface area contributed by atoms with Crippen LogP contribution in [0.1, 0.15) is 18.5 Å². The van der Waals surface area contributed by atoms with Crippen LogP contribution < -0.4 is 10.1 Å². The Hall–Kier alpha value is -1.87. The van der Waals surface area contributed by atoms with Gasteiger partial charge in [-0.25, -0.2) is 4.39 Å². The minimum Gasteiger partial charge on any atom is -0.496 e. The summed E-state index contributed by atoms with van der Waals surface area (Å²) in [5.74, 6) is 0.415. The largest absolute Gasteiger partial charge is 0.496 e. The lowest BCUT2D eigenvalue weighted by atomic mass is 9.99. The van der Waals surface area contributed by atoms with Gasteiger partial charge in [-0.1, -0.05) is 18.2 Å². The molecule has 0 aliphatic carbocycles. The van der Waals surface area contributed by atoms with E-state index in [1.165, 1.54) is 12.1 Å². The van der Waals surface area contributed by atoms with Crippen molar-refractivity contribution < 1.29 is 9.13 Å². The van der Waals surface area contributed by atoms with Gasteiger partial charge in [-0.3, -0.25) is 0 Å². The van der Waals surface area contributed by atoms with Crippen LogP contribution in [0.25, 0.3) is 11.1 Å². The van der Waals surface area contributed by atoms with E-state index in [0.29, 0.717) is 5.75 Å². The highest BCUT2D eigenvalue weighted by Crippen LogP contribution is 2.31. The van der Waals surface area contributed by atoms with E-state index in [4.69, 9.17) is 4.74 Å². The van der Waals surface area contributed by atoms with E-state index >= 15 is 0 Å². The fourth-order valence-electron chi connectivity index (χ4n) is 2.05. The number of hydrogen-bond acceptors (Lipinski definition) is 2. The monoisotopic (exact) mass is 259 g/mol. The molecule has 19 heavy (non-hydrogen) atoms. The molecule has 100 valence electrons. The first-order chi connectivity index (χ1) is 9.15. The molecule has 0 aromatic heterocycles. The van der Waals surface area contributed by atoms with Gasteiger partial charge in [0, 0.05) is 11.6 Å². The Kier molecular flexibility index (Phi) is 4.17. The number of ether oxygens (including phenoxy) is 1. The molecule has 0 spiro atoms. The number of nitrogens with one attached hydrogen (secondary N) is 1. The molecule has 2 rings (SSSR count). The van der Waals surface area contributed by atoms with Crippen LogP contribution in [0.2, 0.25) is 0 Å². The highest BCUT2D eigenvalue weighted by molar-refractivity contribution is 5.71. The minimum absolute atomic E-state index is 0.250. The van der Waals surface area contributed by atoms with Crippen LogP contribution in [0, 0.1) is 5.82 Å². The maximum Gasteiger partial charge on any atom is 0.126 e. The van der Waals surface area contributed by atoms with Gasteiger partial charge in [-0.05, 0) is 49.4 Å². The fourth-order valence-corrected chi connectivity index (χ4v) is 2.05. The summed E-state index contributed by atoms with van der Waals surface area (Å²) in [6.07, 6.45) is 0. The molecule has 0 amide bonds. The van der Waals surface area contributed by atoms with Crippen molar-refractivity contribution in [3.8, 4) is 16.9 Å². The van der Waals surface area contributed by atoms with E-state index in [0.717, 1.165) is 16.7 Å². The zero-order chi connectivity index (χ0) is 13.8. The molecule has 0 fully saturated rings. The summed E-state index contributed by atoms with van der Waals surface area (Å²) in [6, 6.07) is 12.9. The lowest BCUT2D eigenvalue weighted by molar-refractivity contribution is 0.415. The van der Waals surface area contributed by atoms with Gasteiger partial charge in [0.1, 0.15) is 11.6 Å². The first-order valence-electron chi connectivity index (χ1n) is 6.27. The van der Waals surface area contributed by atoms with E-state index in [9.17, 15) is 4.39 Å². The average molecular weight is 259 g/mol. The lowest BCUT2D eigenvalue weighted by Gasteiger charge is -2.14. The second-order valence-corrected chi connectivity index (χ2v) is 4.48. The predicted octanol–water partition coefficient (Wildman–Crippen LogP) is 3.78. The van der Waals surface area contributed by atoms with Crippen LogP contribution in [0.3, 0.4) is 0 Å². The lowest BCUT2D eigenvalue weighted by Crippen LogP contribution is -2.12. The molecule has 2 aromatic carbocycles. The average Bonchev–Trinajstić information content (AvgIpc) is 2.46. The quantitative estimate of drug-likeness (QED) is 0.902. The van der Waals surface area contributed by atoms with Gasteiger partial charge in [0.05, 0.1) is 7.11 Å². The molecular weight excluding hydrogens is 241 g/mol. The number of benzene rings is 2. The van der Waals surface area contributed by atoms with Crippen molar-refractivity contribution in [3.05, 3.63) is 53.8 Å². The van der Waals surface area contributed by atoms with Crippen LogP contribution >= 0.6 is 0 Å². The highest BCUT2D eigenvalue weighted by atomic mass is 19.1. The normalized spacial score (nSPS) is 12.2. The summed E-state index contributed by atoms with van der Waals surface area (Å²) in [7, 11) is 3.51. The Morgan fingerprint density at radius 1 is 1.16 bits per heavy atom. The molecule has 0 heterocycles. The Balaban J connectivity index is 2.49. The molecule has 0 bridgehead atoms. The highest BCUT2D eigenvalue weighted by Gasteiger charge is 2.09. The van der Waals surface area contributed by atoms with Gasteiger partial charge < -0.3 is 10.1 Å².